The highest BCUT2D eigenvalue weighted by Gasteiger charge is 2.24. The second-order valence-electron chi connectivity index (χ2n) is 2.03. The van der Waals surface area contributed by atoms with Gasteiger partial charge in [-0.1, -0.05) is 11.8 Å². The van der Waals surface area contributed by atoms with E-state index in [2.05, 4.69) is 0 Å². The quantitative estimate of drug-likeness (QED) is 0.486. The van der Waals surface area contributed by atoms with Gasteiger partial charge in [-0.25, -0.2) is 0 Å². The summed E-state index contributed by atoms with van der Waals surface area (Å²) in [6.45, 7) is 0.908. The monoisotopic (exact) mass is 264 g/mol. The predicted octanol–water partition coefficient (Wildman–Crippen LogP) is 1.70. The molecule has 1 aliphatic heterocycles. The molecule has 0 unspecified atom stereocenters. The summed E-state index contributed by atoms with van der Waals surface area (Å²) in [5.41, 5.74) is 0. The molecule has 66 valence electrons. The molecule has 0 spiro atoms. The van der Waals surface area contributed by atoms with Crippen LogP contribution in [0.2, 0.25) is 0 Å². The molecule has 1 saturated heterocycles. The van der Waals surface area contributed by atoms with Gasteiger partial charge in [0.05, 0.1) is 0 Å². The summed E-state index contributed by atoms with van der Waals surface area (Å²) in [7, 11) is 0. The Hall–Kier alpha value is 2.18. The van der Waals surface area contributed by atoms with Crippen LogP contribution in [-0.4, -0.2) is 19.1 Å². The first-order valence-electron chi connectivity index (χ1n) is 2.81. The molecule has 0 atom stereocenters. The lowest BCUT2D eigenvalue weighted by atomic mass is 10.8. The maximum atomic E-state index is 5.24. The lowest BCUT2D eigenvalue weighted by molar-refractivity contribution is 0.259. The topological polar surface area (TPSA) is 18.5 Å². The Balaban J connectivity index is 2.62. The Labute approximate surface area is 88.6 Å². The van der Waals surface area contributed by atoms with Crippen molar-refractivity contribution in [1.82, 2.24) is 0 Å². The molecule has 0 bridgehead atoms. The molecule has 0 amide bonds. The van der Waals surface area contributed by atoms with Crippen LogP contribution in [0.1, 0.15) is 0 Å². The summed E-state index contributed by atoms with van der Waals surface area (Å²) in [5, 5.41) is 0. The number of rotatable bonds is 0. The second kappa shape index (κ2) is 4.14. The van der Waals surface area contributed by atoms with Crippen molar-refractivity contribution < 1.29 is 9.05 Å². The Kier molecular flexibility index (Phi) is 4.23. The molecule has 0 aromatic heterocycles. The van der Waals surface area contributed by atoms with Crippen molar-refractivity contribution in [1.29, 1.82) is 0 Å². The van der Waals surface area contributed by atoms with Crippen LogP contribution in [0.15, 0.2) is 0 Å². The van der Waals surface area contributed by atoms with Gasteiger partial charge in [0.1, 0.15) is 19.1 Å². The molecule has 8 heteroatoms. The molecule has 0 aliphatic carbocycles. The summed E-state index contributed by atoms with van der Waals surface area (Å²) in [6, 6.07) is 0. The number of hydrogen-bond acceptors (Lipinski definition) is 6. The highest BCUT2D eigenvalue weighted by Crippen LogP contribution is 2.73. The van der Waals surface area contributed by atoms with Gasteiger partial charge in [0.2, 0.25) is 0 Å². The third kappa shape index (κ3) is 4.28. The van der Waals surface area contributed by atoms with Gasteiger partial charge in [-0.15, -0.1) is 0 Å². The van der Waals surface area contributed by atoms with Crippen molar-refractivity contribution in [2.75, 3.05) is 19.1 Å². The predicted molar refractivity (Wildman–Crippen MR) is 60.1 cm³/mol. The van der Waals surface area contributed by atoms with E-state index in [4.69, 9.17) is 58.0 Å². The average Bonchev–Trinajstić information content (AvgIpc) is 1.86. The standard InChI is InChI=1S/C3H8O2P2S4/c8-6(9)3-7(10,11)5-2-1-4-6/h1-3H2,(H,8,9)(H,10,11)/p-2. The molecular formula is C3H6O2P2S4-2. The van der Waals surface area contributed by atoms with E-state index < -0.39 is 11.8 Å². The van der Waals surface area contributed by atoms with Crippen molar-refractivity contribution in [3.63, 3.8) is 0 Å². The smallest absolute Gasteiger partial charge is 0.134 e. The Bertz CT molecular complexity index is 136. The molecule has 0 N–H and O–H groups in total. The molecule has 1 rings (SSSR count). The highest BCUT2D eigenvalue weighted by molar-refractivity contribution is 8.79. The van der Waals surface area contributed by atoms with E-state index in [1.54, 1.807) is 0 Å². The molecule has 1 aliphatic rings. The van der Waals surface area contributed by atoms with Gasteiger partial charge < -0.3 is 49.0 Å². The molecule has 0 aromatic rings. The first-order valence-corrected chi connectivity index (χ1v) is 10.6. The van der Waals surface area contributed by atoms with Crippen LogP contribution in [-0.2, 0) is 58.0 Å². The average molecular weight is 264 g/mol. The van der Waals surface area contributed by atoms with Crippen LogP contribution in [0.25, 0.3) is 0 Å². The summed E-state index contributed by atoms with van der Waals surface area (Å²) in [6.07, 6.45) is 0. The van der Waals surface area contributed by atoms with Crippen LogP contribution >= 0.6 is 11.8 Å². The van der Waals surface area contributed by atoms with E-state index in [0.29, 0.717) is 19.1 Å². The van der Waals surface area contributed by atoms with Crippen molar-refractivity contribution >= 4 is 60.8 Å². The van der Waals surface area contributed by atoms with Crippen molar-refractivity contribution in [3.8, 4) is 0 Å². The molecule has 0 aromatic carbocycles. The van der Waals surface area contributed by atoms with E-state index in [0.717, 1.165) is 0 Å². The first-order chi connectivity index (χ1) is 4.91. The van der Waals surface area contributed by atoms with Gasteiger partial charge in [-0.05, 0) is 0 Å². The van der Waals surface area contributed by atoms with Gasteiger partial charge in [0.15, 0.2) is 0 Å². The minimum absolute atomic E-state index is 0.440. The zero-order valence-electron chi connectivity index (χ0n) is 5.47. The lowest BCUT2D eigenvalue weighted by Crippen LogP contribution is -1.96. The molecule has 1 fully saturated rings. The van der Waals surface area contributed by atoms with E-state index in [1.165, 1.54) is 0 Å². The van der Waals surface area contributed by atoms with E-state index in [1.807, 2.05) is 0 Å². The molecule has 0 radical (unpaired) electrons. The Morgan fingerprint density at radius 1 is 0.818 bits per heavy atom. The van der Waals surface area contributed by atoms with E-state index >= 15 is 0 Å². The van der Waals surface area contributed by atoms with Crippen LogP contribution in [0.3, 0.4) is 0 Å². The van der Waals surface area contributed by atoms with E-state index in [-0.39, 0.29) is 0 Å². The molecule has 1 heterocycles. The zero-order valence-corrected chi connectivity index (χ0v) is 10.5. The van der Waals surface area contributed by atoms with Crippen LogP contribution < -0.4 is 0 Å². The summed E-state index contributed by atoms with van der Waals surface area (Å²) in [4.78, 5) is 0. The van der Waals surface area contributed by atoms with Gasteiger partial charge in [0, 0.05) is 0 Å². The zero-order chi connectivity index (χ0) is 8.54. The van der Waals surface area contributed by atoms with Gasteiger partial charge >= 0.3 is 0 Å². The van der Waals surface area contributed by atoms with Crippen LogP contribution in [0.5, 0.6) is 0 Å². The van der Waals surface area contributed by atoms with Crippen molar-refractivity contribution in [3.05, 3.63) is 0 Å². The third-order valence-corrected chi connectivity index (χ3v) is 10.4. The van der Waals surface area contributed by atoms with Gasteiger partial charge in [-0.3, -0.25) is 9.05 Å². The Morgan fingerprint density at radius 3 is 1.55 bits per heavy atom. The Morgan fingerprint density at radius 2 is 1.18 bits per heavy atom. The summed E-state index contributed by atoms with van der Waals surface area (Å²) >= 11 is 20.2. The molecular weight excluding hydrogens is 258 g/mol. The van der Waals surface area contributed by atoms with E-state index in [9.17, 15) is 0 Å². The highest BCUT2D eigenvalue weighted by atomic mass is 33.1. The molecule has 0 saturated carbocycles. The largest absolute Gasteiger partial charge is 0.544 e. The van der Waals surface area contributed by atoms with Gasteiger partial charge in [-0.2, -0.15) is 0 Å². The van der Waals surface area contributed by atoms with Crippen molar-refractivity contribution in [2.45, 2.75) is 0 Å². The maximum Gasteiger partial charge on any atom is 0.134 e. The normalized spacial score (nSPS) is 29.5. The SMILES string of the molecule is [S-][P+]1([S-])C[P+]([S-])([S-])OCCO1. The second-order valence-corrected chi connectivity index (χ2v) is 14.6. The van der Waals surface area contributed by atoms with Crippen molar-refractivity contribution in [2.24, 2.45) is 0 Å². The fraction of sp³-hybridized carbons (Fsp3) is 1.00. The molecule has 2 nitrogen and oxygen atoms in total. The fourth-order valence-corrected chi connectivity index (χ4v) is 13.1. The summed E-state index contributed by atoms with van der Waals surface area (Å²) in [5.74, 6) is -3.80. The number of hydrogen-bond donors (Lipinski definition) is 0. The molecule has 11 heavy (non-hydrogen) atoms. The maximum absolute atomic E-state index is 5.24. The first kappa shape index (κ1) is 11.3. The third-order valence-electron chi connectivity index (χ3n) is 1.01. The minimum Gasteiger partial charge on any atom is -0.544 e. The minimum atomic E-state index is -2.12. The van der Waals surface area contributed by atoms with Crippen LogP contribution in [0.4, 0.5) is 0 Å². The summed E-state index contributed by atoms with van der Waals surface area (Å²) < 4.78 is 10.5. The lowest BCUT2D eigenvalue weighted by Gasteiger charge is -2.43. The fourth-order valence-electron chi connectivity index (χ4n) is 0.646. The van der Waals surface area contributed by atoms with Crippen LogP contribution in [0, 0.1) is 0 Å². The van der Waals surface area contributed by atoms with Gasteiger partial charge in [0.25, 0.3) is 0 Å².